The van der Waals surface area contributed by atoms with Crippen molar-refractivity contribution in [2.75, 3.05) is 0 Å². The molecule has 128 valence electrons. The van der Waals surface area contributed by atoms with Crippen LogP contribution in [-0.4, -0.2) is 41.8 Å². The van der Waals surface area contributed by atoms with Gasteiger partial charge in [-0.15, -0.1) is 0 Å². The summed E-state index contributed by atoms with van der Waals surface area (Å²) in [7, 11) is 0. The molecule has 6 heteroatoms. The smallest absolute Gasteiger partial charge is 0.242 e. The van der Waals surface area contributed by atoms with Crippen LogP contribution in [0, 0.1) is 5.41 Å². The summed E-state index contributed by atoms with van der Waals surface area (Å²) in [6, 6.07) is -1.49. The first-order chi connectivity index (χ1) is 9.86. The van der Waals surface area contributed by atoms with E-state index in [2.05, 4.69) is 16.0 Å². The molecule has 22 heavy (non-hydrogen) atoms. The summed E-state index contributed by atoms with van der Waals surface area (Å²) in [5, 5.41) is 8.36. The fourth-order valence-electron chi connectivity index (χ4n) is 2.03. The van der Waals surface area contributed by atoms with Gasteiger partial charge in [0.15, 0.2) is 5.78 Å². The minimum Gasteiger partial charge on any atom is -0.345 e. The second-order valence-electron chi connectivity index (χ2n) is 7.12. The van der Waals surface area contributed by atoms with Crippen molar-refractivity contribution in [2.24, 2.45) is 5.41 Å². The molecule has 0 unspecified atom stereocenters. The van der Waals surface area contributed by atoms with E-state index in [4.69, 9.17) is 0 Å². The van der Waals surface area contributed by atoms with Crippen LogP contribution >= 0.6 is 0 Å². The molecule has 3 N–H and O–H groups in total. The van der Waals surface area contributed by atoms with Crippen LogP contribution in [0.15, 0.2) is 0 Å². The number of hydrogen-bond acceptors (Lipinski definition) is 4. The molecule has 0 radical (unpaired) electrons. The van der Waals surface area contributed by atoms with Gasteiger partial charge in [0.1, 0.15) is 6.04 Å². The van der Waals surface area contributed by atoms with Crippen molar-refractivity contribution in [3.63, 3.8) is 0 Å². The predicted octanol–water partition coefficient (Wildman–Crippen LogP) is 0.998. The van der Waals surface area contributed by atoms with Crippen LogP contribution in [0.25, 0.3) is 0 Å². The minimum absolute atomic E-state index is 0.0470. The number of carbonyl (C=O) groups excluding carboxylic acids is 3. The van der Waals surface area contributed by atoms with E-state index in [-0.39, 0.29) is 29.7 Å². The van der Waals surface area contributed by atoms with E-state index >= 15 is 0 Å². The zero-order valence-electron chi connectivity index (χ0n) is 15.0. The first-order valence-electron chi connectivity index (χ1n) is 7.77. The predicted molar refractivity (Wildman–Crippen MR) is 87.4 cm³/mol. The van der Waals surface area contributed by atoms with Gasteiger partial charge in [0.05, 0.1) is 12.1 Å². The molecule has 0 rings (SSSR count). The van der Waals surface area contributed by atoms with Gasteiger partial charge >= 0.3 is 0 Å². The summed E-state index contributed by atoms with van der Waals surface area (Å²) >= 11 is 0. The molecule has 0 saturated heterocycles. The third-order valence-electron chi connectivity index (χ3n) is 3.22. The summed E-state index contributed by atoms with van der Waals surface area (Å²) in [6.45, 7) is 14.3. The van der Waals surface area contributed by atoms with Crippen LogP contribution < -0.4 is 16.0 Å². The molecule has 0 aliphatic rings. The number of ketones is 1. The average molecular weight is 313 g/mol. The highest BCUT2D eigenvalue weighted by atomic mass is 16.2. The van der Waals surface area contributed by atoms with Gasteiger partial charge < -0.3 is 16.0 Å². The van der Waals surface area contributed by atoms with Crippen molar-refractivity contribution in [3.8, 4) is 0 Å². The molecule has 0 aromatic rings. The molecule has 0 aliphatic carbocycles. The standard InChI is InChI=1S/C16H31N3O3/c1-9(2)17-11(4)14(21)19-12(5)15(22)18-10(3)13(20)16(6,7)8/h9-12,17H,1-8H3,(H,18,22)(H,19,21)/t10-,11-,12-/m0/s1. The Morgan fingerprint density at radius 3 is 1.55 bits per heavy atom. The van der Waals surface area contributed by atoms with Crippen molar-refractivity contribution in [3.05, 3.63) is 0 Å². The number of nitrogens with one attached hydrogen (secondary N) is 3. The van der Waals surface area contributed by atoms with Crippen molar-refractivity contribution in [1.82, 2.24) is 16.0 Å². The van der Waals surface area contributed by atoms with E-state index in [1.165, 1.54) is 0 Å². The topological polar surface area (TPSA) is 87.3 Å². The molecular weight excluding hydrogens is 282 g/mol. The largest absolute Gasteiger partial charge is 0.345 e. The molecule has 0 bridgehead atoms. The highest BCUT2D eigenvalue weighted by molar-refractivity contribution is 5.94. The highest BCUT2D eigenvalue weighted by Crippen LogP contribution is 2.16. The molecule has 0 heterocycles. The number of amides is 2. The Morgan fingerprint density at radius 1 is 0.727 bits per heavy atom. The molecule has 3 atom stereocenters. The van der Waals surface area contributed by atoms with E-state index in [1.807, 2.05) is 34.6 Å². The Hall–Kier alpha value is -1.43. The second-order valence-corrected chi connectivity index (χ2v) is 7.12. The number of hydrogen-bond donors (Lipinski definition) is 3. The lowest BCUT2D eigenvalue weighted by atomic mass is 9.87. The fraction of sp³-hybridized carbons (Fsp3) is 0.812. The summed E-state index contributed by atoms with van der Waals surface area (Å²) in [5.74, 6) is -0.657. The van der Waals surface area contributed by atoms with Crippen LogP contribution in [0.5, 0.6) is 0 Å². The van der Waals surface area contributed by atoms with Crippen molar-refractivity contribution in [2.45, 2.75) is 79.6 Å². The first kappa shape index (κ1) is 20.6. The van der Waals surface area contributed by atoms with Crippen LogP contribution in [0.4, 0.5) is 0 Å². The zero-order chi connectivity index (χ0) is 17.7. The number of rotatable bonds is 7. The van der Waals surface area contributed by atoms with Crippen molar-refractivity contribution in [1.29, 1.82) is 0 Å². The zero-order valence-corrected chi connectivity index (χ0v) is 15.0. The van der Waals surface area contributed by atoms with Gasteiger partial charge in [0.25, 0.3) is 0 Å². The van der Waals surface area contributed by atoms with Gasteiger partial charge in [-0.25, -0.2) is 0 Å². The van der Waals surface area contributed by atoms with E-state index in [9.17, 15) is 14.4 Å². The molecule has 6 nitrogen and oxygen atoms in total. The molecule has 0 saturated carbocycles. The summed E-state index contributed by atoms with van der Waals surface area (Å²) in [5.41, 5.74) is -0.519. The Labute approximate surface area is 133 Å². The lowest BCUT2D eigenvalue weighted by Crippen LogP contribution is -2.54. The molecule has 0 aromatic heterocycles. The quantitative estimate of drug-likeness (QED) is 0.654. The maximum absolute atomic E-state index is 12.1. The lowest BCUT2D eigenvalue weighted by molar-refractivity contribution is -0.133. The summed E-state index contributed by atoms with van der Waals surface area (Å²) in [6.07, 6.45) is 0. The van der Waals surface area contributed by atoms with Crippen LogP contribution in [0.2, 0.25) is 0 Å². The number of carbonyl (C=O) groups is 3. The van der Waals surface area contributed by atoms with Crippen molar-refractivity contribution >= 4 is 17.6 Å². The number of Topliss-reactive ketones (excluding diaryl/α,β-unsaturated/α-hetero) is 1. The lowest BCUT2D eigenvalue weighted by Gasteiger charge is -2.24. The van der Waals surface area contributed by atoms with Crippen LogP contribution in [-0.2, 0) is 14.4 Å². The Bertz CT molecular complexity index is 413. The normalized spacial score (nSPS) is 15.9. The maximum Gasteiger partial charge on any atom is 0.242 e. The molecule has 0 spiro atoms. The molecule has 0 aromatic carbocycles. The average Bonchev–Trinajstić information content (AvgIpc) is 2.35. The Kier molecular flexibility index (Phi) is 7.73. The van der Waals surface area contributed by atoms with E-state index < -0.39 is 17.5 Å². The van der Waals surface area contributed by atoms with Gasteiger partial charge in [-0.1, -0.05) is 34.6 Å². The maximum atomic E-state index is 12.1. The minimum atomic E-state index is -0.695. The van der Waals surface area contributed by atoms with E-state index in [1.54, 1.807) is 20.8 Å². The Morgan fingerprint density at radius 2 is 1.14 bits per heavy atom. The summed E-state index contributed by atoms with van der Waals surface area (Å²) in [4.78, 5) is 36.1. The fourth-order valence-corrected chi connectivity index (χ4v) is 2.03. The van der Waals surface area contributed by atoms with E-state index in [0.29, 0.717) is 0 Å². The van der Waals surface area contributed by atoms with Crippen LogP contribution in [0.3, 0.4) is 0 Å². The van der Waals surface area contributed by atoms with E-state index in [0.717, 1.165) is 0 Å². The SMILES string of the molecule is CC(C)N[C@@H](C)C(=O)N[C@@H](C)C(=O)N[C@@H](C)C(=O)C(C)(C)C. The van der Waals surface area contributed by atoms with Gasteiger partial charge in [-0.05, 0) is 20.8 Å². The Balaban J connectivity index is 4.50. The van der Waals surface area contributed by atoms with Crippen LogP contribution in [0.1, 0.15) is 55.4 Å². The van der Waals surface area contributed by atoms with Gasteiger partial charge in [0.2, 0.25) is 11.8 Å². The second kappa shape index (κ2) is 8.27. The molecule has 0 fully saturated rings. The van der Waals surface area contributed by atoms with Gasteiger partial charge in [0, 0.05) is 11.5 Å². The third-order valence-corrected chi connectivity index (χ3v) is 3.22. The molecule has 0 aliphatic heterocycles. The van der Waals surface area contributed by atoms with Crippen molar-refractivity contribution < 1.29 is 14.4 Å². The first-order valence-corrected chi connectivity index (χ1v) is 7.77. The highest BCUT2D eigenvalue weighted by Gasteiger charge is 2.29. The molecule has 2 amide bonds. The summed E-state index contributed by atoms with van der Waals surface area (Å²) < 4.78 is 0. The third kappa shape index (κ3) is 7.02. The van der Waals surface area contributed by atoms with Gasteiger partial charge in [-0.3, -0.25) is 14.4 Å². The monoisotopic (exact) mass is 313 g/mol. The molecular formula is C16H31N3O3. The van der Waals surface area contributed by atoms with Gasteiger partial charge in [-0.2, -0.15) is 0 Å².